The largest absolute Gasteiger partial charge is 0.357 e. The molecule has 2 aliphatic rings. The smallest absolute Gasteiger partial charge is 0.194 e. The molecule has 5 nitrogen and oxygen atoms in total. The third-order valence-corrected chi connectivity index (χ3v) is 5.46. The Balaban J connectivity index is 0.00000280. The van der Waals surface area contributed by atoms with Gasteiger partial charge in [0.15, 0.2) is 5.96 Å². The van der Waals surface area contributed by atoms with Crippen molar-refractivity contribution in [3.63, 3.8) is 0 Å². The maximum atomic E-state index is 14.0. The van der Waals surface area contributed by atoms with E-state index in [2.05, 4.69) is 26.2 Å². The Morgan fingerprint density at radius 1 is 1.29 bits per heavy atom. The molecule has 2 saturated heterocycles. The summed E-state index contributed by atoms with van der Waals surface area (Å²) in [4.78, 5) is 9.55. The zero-order valence-electron chi connectivity index (χ0n) is 16.7. The molecule has 7 heteroatoms. The molecule has 0 aromatic heterocycles. The molecule has 0 radical (unpaired) electrons. The lowest BCUT2D eigenvalue weighted by molar-refractivity contribution is 0.198. The molecule has 1 N–H and O–H groups in total. The number of nitrogens with zero attached hydrogens (tertiary/aromatic N) is 4. The molecule has 0 saturated carbocycles. The number of piperidine rings is 1. The molecule has 0 bridgehead atoms. The molecule has 2 aliphatic heterocycles. The Morgan fingerprint density at radius 3 is 2.79 bits per heavy atom. The van der Waals surface area contributed by atoms with Crippen LogP contribution in [-0.4, -0.2) is 55.0 Å². The Kier molecular flexibility index (Phi) is 9.45. The molecule has 2 heterocycles. The van der Waals surface area contributed by atoms with Crippen LogP contribution < -0.4 is 5.32 Å². The van der Waals surface area contributed by atoms with Gasteiger partial charge in [0, 0.05) is 31.7 Å². The first-order chi connectivity index (χ1) is 13.2. The quantitative estimate of drug-likeness (QED) is 0.383. The van der Waals surface area contributed by atoms with Gasteiger partial charge in [0.05, 0.1) is 18.2 Å². The van der Waals surface area contributed by atoms with Gasteiger partial charge in [-0.25, -0.2) is 9.38 Å². The number of nitrogens with one attached hydrogen (secondary N) is 1. The van der Waals surface area contributed by atoms with E-state index < -0.39 is 0 Å². The molecule has 0 amide bonds. The highest BCUT2D eigenvalue weighted by atomic mass is 127. The normalized spacial score (nSPS) is 20.5. The minimum Gasteiger partial charge on any atom is -0.357 e. The van der Waals surface area contributed by atoms with E-state index in [-0.39, 0.29) is 36.3 Å². The summed E-state index contributed by atoms with van der Waals surface area (Å²) >= 11 is 0. The van der Waals surface area contributed by atoms with Crippen LogP contribution in [0.1, 0.15) is 43.7 Å². The predicted molar refractivity (Wildman–Crippen MR) is 121 cm³/mol. The number of aliphatic imine (C=N–C) groups is 1. The second kappa shape index (κ2) is 11.6. The summed E-state index contributed by atoms with van der Waals surface area (Å²) in [5.74, 6) is 1.21. The summed E-state index contributed by atoms with van der Waals surface area (Å²) in [5.41, 5.74) is 0.933. The minimum atomic E-state index is -0.307. The molecule has 0 aliphatic carbocycles. The second-order valence-corrected chi connectivity index (χ2v) is 7.55. The summed E-state index contributed by atoms with van der Waals surface area (Å²) < 4.78 is 14.0. The number of hydrogen-bond donors (Lipinski definition) is 1. The van der Waals surface area contributed by atoms with E-state index in [1.165, 1.54) is 57.5 Å². The van der Waals surface area contributed by atoms with E-state index in [4.69, 9.17) is 5.26 Å². The van der Waals surface area contributed by atoms with Crippen molar-refractivity contribution in [2.45, 2.75) is 39.2 Å². The highest BCUT2D eigenvalue weighted by molar-refractivity contribution is 14.0. The fraction of sp³-hybridized carbons (Fsp3) is 0.619. The Labute approximate surface area is 185 Å². The van der Waals surface area contributed by atoms with Gasteiger partial charge in [-0.15, -0.1) is 24.0 Å². The van der Waals surface area contributed by atoms with Crippen LogP contribution in [0.25, 0.3) is 0 Å². The van der Waals surface area contributed by atoms with Crippen molar-refractivity contribution < 1.29 is 4.39 Å². The van der Waals surface area contributed by atoms with Crippen molar-refractivity contribution >= 4 is 29.9 Å². The molecule has 154 valence electrons. The van der Waals surface area contributed by atoms with E-state index in [1.807, 2.05) is 6.92 Å². The summed E-state index contributed by atoms with van der Waals surface area (Å²) in [6.45, 7) is 8.72. The van der Waals surface area contributed by atoms with E-state index in [0.717, 1.165) is 25.6 Å². The van der Waals surface area contributed by atoms with Crippen LogP contribution in [-0.2, 0) is 6.54 Å². The highest BCUT2D eigenvalue weighted by Gasteiger charge is 2.27. The lowest BCUT2D eigenvalue weighted by Gasteiger charge is -2.29. The van der Waals surface area contributed by atoms with E-state index in [9.17, 15) is 4.39 Å². The molecule has 3 rings (SSSR count). The lowest BCUT2D eigenvalue weighted by Crippen LogP contribution is -2.41. The number of rotatable bonds is 5. The number of likely N-dealkylation sites (tertiary alicyclic amines) is 2. The van der Waals surface area contributed by atoms with Crippen LogP contribution in [0.4, 0.5) is 4.39 Å². The third kappa shape index (κ3) is 6.31. The van der Waals surface area contributed by atoms with Crippen molar-refractivity contribution in [1.29, 1.82) is 5.26 Å². The summed E-state index contributed by atoms with van der Waals surface area (Å²) in [7, 11) is 0. The second-order valence-electron chi connectivity index (χ2n) is 7.55. The molecule has 1 aromatic rings. The Bertz CT molecular complexity index is 697. The molecule has 1 atom stereocenters. The van der Waals surface area contributed by atoms with Gasteiger partial charge in [0.1, 0.15) is 5.82 Å². The van der Waals surface area contributed by atoms with E-state index in [0.29, 0.717) is 17.0 Å². The molecule has 1 unspecified atom stereocenters. The van der Waals surface area contributed by atoms with Crippen molar-refractivity contribution in [2.24, 2.45) is 10.9 Å². The average Bonchev–Trinajstić information content (AvgIpc) is 3.15. The van der Waals surface area contributed by atoms with Crippen LogP contribution in [0.15, 0.2) is 23.2 Å². The van der Waals surface area contributed by atoms with Gasteiger partial charge in [-0.3, -0.25) is 0 Å². The molecular weight excluding hydrogens is 468 g/mol. The number of halogens is 2. The van der Waals surface area contributed by atoms with E-state index >= 15 is 0 Å². The van der Waals surface area contributed by atoms with Crippen LogP contribution in [0.3, 0.4) is 0 Å². The fourth-order valence-corrected chi connectivity index (χ4v) is 4.03. The van der Waals surface area contributed by atoms with Gasteiger partial charge in [-0.2, -0.15) is 5.26 Å². The zero-order chi connectivity index (χ0) is 19.1. The Hall–Kier alpha value is -1.40. The van der Waals surface area contributed by atoms with Crippen LogP contribution in [0.2, 0.25) is 0 Å². The number of guanidine groups is 1. The van der Waals surface area contributed by atoms with Crippen molar-refractivity contribution in [3.05, 3.63) is 35.1 Å². The Morgan fingerprint density at radius 2 is 2.07 bits per heavy atom. The van der Waals surface area contributed by atoms with Gasteiger partial charge in [-0.05, 0) is 63.4 Å². The zero-order valence-corrected chi connectivity index (χ0v) is 19.0. The number of nitriles is 1. The fourth-order valence-electron chi connectivity index (χ4n) is 4.03. The van der Waals surface area contributed by atoms with Crippen molar-refractivity contribution in [3.8, 4) is 6.07 Å². The summed E-state index contributed by atoms with van der Waals surface area (Å²) in [6.07, 6.45) is 5.20. The third-order valence-electron chi connectivity index (χ3n) is 5.46. The minimum absolute atomic E-state index is 0. The number of benzene rings is 1. The topological polar surface area (TPSA) is 54.7 Å². The first kappa shape index (κ1) is 22.9. The van der Waals surface area contributed by atoms with Gasteiger partial charge in [0.2, 0.25) is 0 Å². The predicted octanol–water partition coefficient (Wildman–Crippen LogP) is 3.59. The van der Waals surface area contributed by atoms with Gasteiger partial charge >= 0.3 is 0 Å². The monoisotopic (exact) mass is 499 g/mol. The SMILES string of the molecule is CCNC(=NCc1cc(C#N)ccc1F)N1CCC(CN2CCCCC2)C1.I. The molecule has 0 spiro atoms. The van der Waals surface area contributed by atoms with Crippen LogP contribution in [0, 0.1) is 23.1 Å². The first-order valence-corrected chi connectivity index (χ1v) is 10.1. The summed E-state index contributed by atoms with van der Waals surface area (Å²) in [6, 6.07) is 6.50. The molecular formula is C21H31FIN5. The first-order valence-electron chi connectivity index (χ1n) is 10.1. The summed E-state index contributed by atoms with van der Waals surface area (Å²) in [5, 5.41) is 12.4. The van der Waals surface area contributed by atoms with Crippen molar-refractivity contribution in [1.82, 2.24) is 15.1 Å². The average molecular weight is 499 g/mol. The number of hydrogen-bond acceptors (Lipinski definition) is 3. The molecule has 28 heavy (non-hydrogen) atoms. The maximum Gasteiger partial charge on any atom is 0.194 e. The van der Waals surface area contributed by atoms with E-state index in [1.54, 1.807) is 6.07 Å². The van der Waals surface area contributed by atoms with Crippen LogP contribution >= 0.6 is 24.0 Å². The maximum absolute atomic E-state index is 14.0. The molecule has 1 aromatic carbocycles. The lowest BCUT2D eigenvalue weighted by atomic mass is 10.1. The van der Waals surface area contributed by atoms with Gasteiger partial charge in [0.25, 0.3) is 0 Å². The van der Waals surface area contributed by atoms with Crippen molar-refractivity contribution in [2.75, 3.05) is 39.3 Å². The van der Waals surface area contributed by atoms with Crippen LogP contribution in [0.5, 0.6) is 0 Å². The molecule has 2 fully saturated rings. The standard InChI is InChI=1S/C21H30FN5.HI/c1-2-24-21(25-14-19-12-17(13-23)6-7-20(19)22)27-11-8-18(16-27)15-26-9-4-3-5-10-26;/h6-7,12,18H,2-5,8-11,14-16H2,1H3,(H,24,25);1H. The highest BCUT2D eigenvalue weighted by Crippen LogP contribution is 2.20. The van der Waals surface area contributed by atoms with Gasteiger partial charge < -0.3 is 15.1 Å². The van der Waals surface area contributed by atoms with Gasteiger partial charge in [-0.1, -0.05) is 6.42 Å².